The molecular formula is C10H5ClF5N5. The summed E-state index contributed by atoms with van der Waals surface area (Å²) in [5.74, 6) is -10.3. The standard InChI is InChI=1S/C10H4F5N5.ClH/c1-2-16-10-18-17-9(20(10)19-2)3-4(11)6(13)8(15)7(14)5(3)12;/h1H3,(H,16,18,19);1H. The van der Waals surface area contributed by atoms with Gasteiger partial charge in [-0.05, 0) is 0 Å². The van der Waals surface area contributed by atoms with Crippen LogP contribution < -0.4 is 16.9 Å². The van der Waals surface area contributed by atoms with Crippen molar-refractivity contribution in [2.75, 3.05) is 0 Å². The summed E-state index contributed by atoms with van der Waals surface area (Å²) in [7, 11) is 0. The number of nitrogens with one attached hydrogen (secondary N) is 2. The van der Waals surface area contributed by atoms with Gasteiger partial charge in [0.25, 0.3) is 5.82 Å². The molecule has 5 nitrogen and oxygen atoms in total. The van der Waals surface area contributed by atoms with Crippen LogP contribution in [0.4, 0.5) is 22.0 Å². The zero-order valence-electron chi connectivity index (χ0n) is 10.1. The smallest absolute Gasteiger partial charge is 0.437 e. The van der Waals surface area contributed by atoms with E-state index in [1.807, 2.05) is 0 Å². The summed E-state index contributed by atoms with van der Waals surface area (Å²) < 4.78 is 67.7. The second-order valence-electron chi connectivity index (χ2n) is 3.96. The number of benzene rings is 1. The molecule has 0 fully saturated rings. The molecule has 1 aromatic carbocycles. The first kappa shape index (κ1) is 15.2. The van der Waals surface area contributed by atoms with Gasteiger partial charge >= 0.3 is 5.78 Å². The Hall–Kier alpha value is -2.23. The summed E-state index contributed by atoms with van der Waals surface area (Å²) in [5, 5.41) is 8.33. The third-order valence-electron chi connectivity index (χ3n) is 2.67. The van der Waals surface area contributed by atoms with E-state index in [9.17, 15) is 22.0 Å². The Morgan fingerprint density at radius 2 is 1.43 bits per heavy atom. The van der Waals surface area contributed by atoms with Gasteiger partial charge in [0.2, 0.25) is 5.82 Å². The zero-order chi connectivity index (χ0) is 14.6. The van der Waals surface area contributed by atoms with Crippen molar-refractivity contribution >= 4 is 5.78 Å². The maximum atomic E-state index is 13.7. The van der Waals surface area contributed by atoms with Gasteiger partial charge in [0, 0.05) is 12.0 Å². The number of aromatic amines is 2. The minimum absolute atomic E-state index is 0. The molecule has 3 rings (SSSR count). The average molecular weight is 326 g/mol. The fourth-order valence-corrected chi connectivity index (χ4v) is 1.80. The monoisotopic (exact) mass is 325 g/mol. The normalized spacial score (nSPS) is 11.0. The van der Waals surface area contributed by atoms with Crippen molar-refractivity contribution in [1.29, 1.82) is 0 Å². The molecular weight excluding hydrogens is 321 g/mol. The van der Waals surface area contributed by atoms with Crippen LogP contribution in [0.1, 0.15) is 5.82 Å². The quantitative estimate of drug-likeness (QED) is 0.249. The van der Waals surface area contributed by atoms with Crippen molar-refractivity contribution < 1.29 is 38.9 Å². The Labute approximate surface area is 119 Å². The summed E-state index contributed by atoms with van der Waals surface area (Å²) in [6.45, 7) is 1.54. The number of hydrogen-bond acceptors (Lipinski definition) is 2. The van der Waals surface area contributed by atoms with E-state index in [2.05, 4.69) is 20.3 Å². The molecule has 0 spiro atoms. The molecule has 2 heterocycles. The van der Waals surface area contributed by atoms with Crippen molar-refractivity contribution in [3.05, 3.63) is 34.9 Å². The van der Waals surface area contributed by atoms with E-state index < -0.39 is 40.5 Å². The van der Waals surface area contributed by atoms with Gasteiger partial charge in [-0.2, -0.15) is 0 Å². The van der Waals surface area contributed by atoms with Gasteiger partial charge in [-0.25, -0.2) is 27.1 Å². The van der Waals surface area contributed by atoms with Crippen molar-refractivity contribution in [3.8, 4) is 11.4 Å². The van der Waals surface area contributed by atoms with Crippen LogP contribution in [-0.4, -0.2) is 20.3 Å². The first-order valence-electron chi connectivity index (χ1n) is 5.26. The number of hydrogen-bond donors (Lipinski definition) is 2. The van der Waals surface area contributed by atoms with Gasteiger partial charge in [0.05, 0.1) is 0 Å². The Morgan fingerprint density at radius 1 is 0.905 bits per heavy atom. The van der Waals surface area contributed by atoms with Crippen LogP contribution in [-0.2, 0) is 0 Å². The largest absolute Gasteiger partial charge is 1.00 e. The van der Waals surface area contributed by atoms with E-state index in [1.54, 1.807) is 0 Å². The first-order valence-corrected chi connectivity index (χ1v) is 5.26. The second kappa shape index (κ2) is 4.95. The highest BCUT2D eigenvalue weighted by molar-refractivity contribution is 5.55. The summed E-state index contributed by atoms with van der Waals surface area (Å²) in [6, 6.07) is 0. The van der Waals surface area contributed by atoms with Gasteiger partial charge in [-0.1, -0.05) is 4.98 Å². The van der Waals surface area contributed by atoms with E-state index in [0.717, 1.165) is 4.52 Å². The highest BCUT2D eigenvalue weighted by atomic mass is 35.5. The lowest BCUT2D eigenvalue weighted by molar-refractivity contribution is -0.566. The van der Waals surface area contributed by atoms with Gasteiger partial charge < -0.3 is 12.4 Å². The lowest BCUT2D eigenvalue weighted by atomic mass is 10.1. The molecule has 0 saturated carbocycles. The Kier molecular flexibility index (Phi) is 3.58. The second-order valence-corrected chi connectivity index (χ2v) is 3.96. The molecule has 112 valence electrons. The van der Waals surface area contributed by atoms with Crippen LogP contribution in [0.25, 0.3) is 17.2 Å². The molecule has 0 aliphatic rings. The number of H-pyrrole nitrogens is 2. The van der Waals surface area contributed by atoms with Crippen LogP contribution in [0.2, 0.25) is 0 Å². The van der Waals surface area contributed by atoms with Gasteiger partial charge in [0.15, 0.2) is 29.1 Å². The van der Waals surface area contributed by atoms with E-state index >= 15 is 0 Å². The molecule has 0 atom stereocenters. The first-order chi connectivity index (χ1) is 9.41. The van der Waals surface area contributed by atoms with Crippen molar-refractivity contribution in [1.82, 2.24) is 20.3 Å². The lowest BCUT2D eigenvalue weighted by Crippen LogP contribution is -3.00. The molecule has 0 unspecified atom stereocenters. The van der Waals surface area contributed by atoms with Gasteiger partial charge in [-0.15, -0.1) is 9.61 Å². The molecule has 0 radical (unpaired) electrons. The fraction of sp³-hybridized carbons (Fsp3) is 0.100. The predicted octanol–water partition coefficient (Wildman–Crippen LogP) is -1.45. The Balaban J connectivity index is 0.00000161. The number of nitrogens with zero attached hydrogens (tertiary/aromatic N) is 3. The van der Waals surface area contributed by atoms with Crippen LogP contribution >= 0.6 is 0 Å². The predicted molar refractivity (Wildman–Crippen MR) is 53.9 cm³/mol. The maximum Gasteiger partial charge on any atom is 0.437 e. The van der Waals surface area contributed by atoms with Crippen molar-refractivity contribution in [2.45, 2.75) is 6.92 Å². The van der Waals surface area contributed by atoms with E-state index in [-0.39, 0.29) is 18.2 Å². The van der Waals surface area contributed by atoms with Crippen LogP contribution in [0.3, 0.4) is 0 Å². The molecule has 0 amide bonds. The lowest BCUT2D eigenvalue weighted by Gasteiger charge is -2.04. The maximum absolute atomic E-state index is 13.7. The summed E-state index contributed by atoms with van der Waals surface area (Å²) in [5.41, 5.74) is -1.11. The Bertz CT molecular complexity index is 813. The SMILES string of the molecule is Cc1nc2n[nH]c(-c3c(F)c(F)c(F)c(F)c3F)[n+]2[nH]1.[Cl-]. The Morgan fingerprint density at radius 3 is 2.00 bits per heavy atom. The molecule has 2 N–H and O–H groups in total. The minimum Gasteiger partial charge on any atom is -1.00 e. The fourth-order valence-electron chi connectivity index (χ4n) is 1.80. The third-order valence-corrected chi connectivity index (χ3v) is 2.67. The summed E-state index contributed by atoms with van der Waals surface area (Å²) in [4.78, 5) is 3.84. The number of aryl methyl sites for hydroxylation is 1. The average Bonchev–Trinajstić information content (AvgIpc) is 2.94. The molecule has 0 bridgehead atoms. The molecule has 2 aromatic heterocycles. The van der Waals surface area contributed by atoms with Gasteiger partial charge in [0.1, 0.15) is 5.56 Å². The van der Waals surface area contributed by atoms with E-state index in [4.69, 9.17) is 0 Å². The molecule has 0 saturated heterocycles. The van der Waals surface area contributed by atoms with Crippen LogP contribution in [0.5, 0.6) is 0 Å². The molecule has 0 aliphatic heterocycles. The summed E-state index contributed by atoms with van der Waals surface area (Å²) in [6.07, 6.45) is 0. The van der Waals surface area contributed by atoms with Crippen molar-refractivity contribution in [3.63, 3.8) is 0 Å². The van der Waals surface area contributed by atoms with Crippen molar-refractivity contribution in [2.24, 2.45) is 0 Å². The molecule has 11 heteroatoms. The zero-order valence-corrected chi connectivity index (χ0v) is 10.9. The third kappa shape index (κ3) is 2.02. The van der Waals surface area contributed by atoms with Gasteiger partial charge in [-0.3, -0.25) is 0 Å². The van der Waals surface area contributed by atoms with E-state index in [1.165, 1.54) is 6.92 Å². The van der Waals surface area contributed by atoms with Crippen LogP contribution in [0, 0.1) is 36.0 Å². The minimum atomic E-state index is -2.22. The number of rotatable bonds is 1. The molecule has 21 heavy (non-hydrogen) atoms. The highest BCUT2D eigenvalue weighted by Gasteiger charge is 2.32. The summed E-state index contributed by atoms with van der Waals surface area (Å²) >= 11 is 0. The number of fused-ring (bicyclic) bond motifs is 1. The van der Waals surface area contributed by atoms with Crippen LogP contribution in [0.15, 0.2) is 0 Å². The number of aromatic nitrogens is 5. The number of halogens is 6. The highest BCUT2D eigenvalue weighted by Crippen LogP contribution is 2.28. The molecule has 0 aliphatic carbocycles. The topological polar surface area (TPSA) is 61.5 Å². The van der Waals surface area contributed by atoms with E-state index in [0.29, 0.717) is 5.82 Å². The molecule has 3 aromatic rings.